The van der Waals surface area contributed by atoms with Gasteiger partial charge in [0.2, 0.25) is 5.91 Å². The normalized spacial score (nSPS) is 14.2. The van der Waals surface area contributed by atoms with Gasteiger partial charge in [-0.3, -0.25) is 4.79 Å². The molecule has 0 aliphatic rings. The zero-order valence-corrected chi connectivity index (χ0v) is 18.8. The molecule has 0 aromatic heterocycles. The lowest BCUT2D eigenvalue weighted by molar-refractivity contribution is -0.122. The summed E-state index contributed by atoms with van der Waals surface area (Å²) in [5.41, 5.74) is 0. The van der Waals surface area contributed by atoms with E-state index >= 15 is 0 Å². The lowest BCUT2D eigenvalue weighted by Crippen LogP contribution is -2.45. The number of carbonyl (C=O) groups is 1. The van der Waals surface area contributed by atoms with Crippen molar-refractivity contribution < 1.29 is 15.0 Å². The SMILES string of the molecule is CCCCCCCC/C=C/CC/C=C/CC/C=C/C(O)C(CO)NC(=O)CCC. The van der Waals surface area contributed by atoms with Crippen LogP contribution >= 0.6 is 0 Å². The molecule has 1 amide bonds. The molecule has 29 heavy (non-hydrogen) atoms. The number of allylic oxidation sites excluding steroid dienone is 5. The highest BCUT2D eigenvalue weighted by Gasteiger charge is 2.17. The summed E-state index contributed by atoms with van der Waals surface area (Å²) < 4.78 is 0. The molecule has 0 spiro atoms. The molecule has 0 rings (SSSR count). The van der Waals surface area contributed by atoms with Gasteiger partial charge in [-0.2, -0.15) is 0 Å². The lowest BCUT2D eigenvalue weighted by Gasteiger charge is -2.19. The van der Waals surface area contributed by atoms with Gasteiger partial charge in [0, 0.05) is 6.42 Å². The second kappa shape index (κ2) is 21.3. The predicted octanol–water partition coefficient (Wildman–Crippen LogP) is 5.60. The first kappa shape index (κ1) is 27.6. The molecule has 0 bridgehead atoms. The van der Waals surface area contributed by atoms with Crippen LogP contribution in [0.15, 0.2) is 36.5 Å². The molecule has 0 fully saturated rings. The van der Waals surface area contributed by atoms with E-state index in [1.54, 1.807) is 6.08 Å². The van der Waals surface area contributed by atoms with E-state index in [0.717, 1.165) is 32.1 Å². The fourth-order valence-electron chi connectivity index (χ4n) is 3.01. The van der Waals surface area contributed by atoms with E-state index in [4.69, 9.17) is 0 Å². The Morgan fingerprint density at radius 3 is 1.93 bits per heavy atom. The van der Waals surface area contributed by atoms with Crippen molar-refractivity contribution in [2.75, 3.05) is 6.61 Å². The summed E-state index contributed by atoms with van der Waals surface area (Å²) in [5.74, 6) is -0.136. The van der Waals surface area contributed by atoms with Crippen molar-refractivity contribution in [3.63, 3.8) is 0 Å². The van der Waals surface area contributed by atoms with Gasteiger partial charge in [0.15, 0.2) is 0 Å². The van der Waals surface area contributed by atoms with Gasteiger partial charge in [-0.1, -0.05) is 82.4 Å². The third-order valence-corrected chi connectivity index (χ3v) is 4.82. The monoisotopic (exact) mass is 407 g/mol. The number of carbonyl (C=O) groups excluding carboxylic acids is 1. The second-order valence-corrected chi connectivity index (χ2v) is 7.68. The molecule has 0 saturated carbocycles. The number of aliphatic hydroxyl groups excluding tert-OH is 2. The van der Waals surface area contributed by atoms with E-state index in [2.05, 4.69) is 36.5 Å². The number of hydrogen-bond donors (Lipinski definition) is 3. The third kappa shape index (κ3) is 18.4. The third-order valence-electron chi connectivity index (χ3n) is 4.82. The van der Waals surface area contributed by atoms with Crippen LogP contribution < -0.4 is 5.32 Å². The van der Waals surface area contributed by atoms with E-state index in [1.807, 2.05) is 13.0 Å². The van der Waals surface area contributed by atoms with Crippen LogP contribution in [-0.4, -0.2) is 34.9 Å². The number of amides is 1. The molecule has 168 valence electrons. The summed E-state index contributed by atoms with van der Waals surface area (Å²) in [6.45, 7) is 3.90. The number of rotatable bonds is 19. The minimum absolute atomic E-state index is 0.136. The largest absolute Gasteiger partial charge is 0.394 e. The van der Waals surface area contributed by atoms with Gasteiger partial charge in [0.05, 0.1) is 18.8 Å². The number of nitrogens with one attached hydrogen (secondary N) is 1. The van der Waals surface area contributed by atoms with Crippen LogP contribution in [-0.2, 0) is 4.79 Å². The Morgan fingerprint density at radius 1 is 0.793 bits per heavy atom. The van der Waals surface area contributed by atoms with Gasteiger partial charge in [-0.25, -0.2) is 0 Å². The van der Waals surface area contributed by atoms with Crippen LogP contribution in [0.1, 0.15) is 97.3 Å². The molecule has 2 atom stereocenters. The van der Waals surface area contributed by atoms with Crippen molar-refractivity contribution in [3.8, 4) is 0 Å². The van der Waals surface area contributed by atoms with E-state index in [9.17, 15) is 15.0 Å². The van der Waals surface area contributed by atoms with Crippen LogP contribution in [0.25, 0.3) is 0 Å². The summed E-state index contributed by atoms with van der Waals surface area (Å²) >= 11 is 0. The van der Waals surface area contributed by atoms with Crippen molar-refractivity contribution in [2.24, 2.45) is 0 Å². The summed E-state index contributed by atoms with van der Waals surface area (Å²) in [5, 5.41) is 22.0. The van der Waals surface area contributed by atoms with E-state index < -0.39 is 12.1 Å². The van der Waals surface area contributed by atoms with Crippen molar-refractivity contribution in [2.45, 2.75) is 109 Å². The fraction of sp³-hybridized carbons (Fsp3) is 0.720. The highest BCUT2D eigenvalue weighted by Crippen LogP contribution is 2.08. The molecule has 4 heteroatoms. The first-order valence-electron chi connectivity index (χ1n) is 11.7. The quantitative estimate of drug-likeness (QED) is 0.193. The molecule has 0 saturated heterocycles. The first-order chi connectivity index (χ1) is 14.2. The maximum absolute atomic E-state index is 11.6. The van der Waals surface area contributed by atoms with Crippen molar-refractivity contribution in [1.82, 2.24) is 5.32 Å². The second-order valence-electron chi connectivity index (χ2n) is 7.68. The van der Waals surface area contributed by atoms with Crippen LogP contribution in [0.4, 0.5) is 0 Å². The van der Waals surface area contributed by atoms with E-state index in [1.165, 1.54) is 44.9 Å². The van der Waals surface area contributed by atoms with Crippen LogP contribution in [0.3, 0.4) is 0 Å². The first-order valence-corrected chi connectivity index (χ1v) is 11.7. The molecule has 3 N–H and O–H groups in total. The maximum Gasteiger partial charge on any atom is 0.220 e. The molecular weight excluding hydrogens is 362 g/mol. The highest BCUT2D eigenvalue weighted by atomic mass is 16.3. The summed E-state index contributed by atoms with van der Waals surface area (Å²) in [6, 6.07) is -0.635. The summed E-state index contributed by atoms with van der Waals surface area (Å²) in [6.07, 6.45) is 26.1. The van der Waals surface area contributed by atoms with Gasteiger partial charge in [-0.05, 0) is 44.9 Å². The molecule has 0 aromatic carbocycles. The van der Waals surface area contributed by atoms with Crippen molar-refractivity contribution >= 4 is 5.91 Å². The van der Waals surface area contributed by atoms with Crippen LogP contribution in [0.5, 0.6) is 0 Å². The zero-order valence-electron chi connectivity index (χ0n) is 18.8. The predicted molar refractivity (Wildman–Crippen MR) is 124 cm³/mol. The van der Waals surface area contributed by atoms with Gasteiger partial charge in [0.1, 0.15) is 0 Å². The average Bonchev–Trinajstić information content (AvgIpc) is 2.71. The topological polar surface area (TPSA) is 69.6 Å². The van der Waals surface area contributed by atoms with Gasteiger partial charge < -0.3 is 15.5 Å². The average molecular weight is 408 g/mol. The van der Waals surface area contributed by atoms with Gasteiger partial charge >= 0.3 is 0 Å². The summed E-state index contributed by atoms with van der Waals surface area (Å²) in [7, 11) is 0. The van der Waals surface area contributed by atoms with Crippen LogP contribution in [0, 0.1) is 0 Å². The highest BCUT2D eigenvalue weighted by molar-refractivity contribution is 5.76. The molecule has 0 radical (unpaired) electrons. The molecule has 0 heterocycles. The smallest absolute Gasteiger partial charge is 0.220 e. The number of unbranched alkanes of at least 4 members (excludes halogenated alkanes) is 8. The number of aliphatic hydroxyl groups is 2. The standard InChI is InChI=1S/C25H45NO3/c1-3-5-6-7-8-9-10-11-12-13-14-15-16-17-18-19-21-24(28)23(22-27)26-25(29)20-4-2/h11-12,15-16,19,21,23-24,27-28H,3-10,13-14,17-18,20,22H2,1-2H3,(H,26,29)/b12-11+,16-15+,21-19+. The molecular formula is C25H45NO3. The number of hydrogen-bond acceptors (Lipinski definition) is 3. The van der Waals surface area contributed by atoms with Gasteiger partial charge in [-0.15, -0.1) is 0 Å². The Morgan fingerprint density at radius 2 is 1.34 bits per heavy atom. The Bertz CT molecular complexity index is 457. The lowest BCUT2D eigenvalue weighted by atomic mass is 10.1. The minimum atomic E-state index is -0.860. The van der Waals surface area contributed by atoms with Crippen LogP contribution in [0.2, 0.25) is 0 Å². The maximum atomic E-state index is 11.6. The Balaban J connectivity index is 3.71. The Labute approximate surface area is 179 Å². The molecule has 0 aliphatic carbocycles. The molecule has 4 nitrogen and oxygen atoms in total. The zero-order chi connectivity index (χ0) is 21.6. The molecule has 0 aliphatic heterocycles. The van der Waals surface area contributed by atoms with Crippen molar-refractivity contribution in [3.05, 3.63) is 36.5 Å². The van der Waals surface area contributed by atoms with E-state index in [0.29, 0.717) is 6.42 Å². The molecule has 0 aromatic rings. The fourth-order valence-corrected chi connectivity index (χ4v) is 3.01. The van der Waals surface area contributed by atoms with Gasteiger partial charge in [0.25, 0.3) is 0 Å². The molecule has 2 unspecified atom stereocenters. The summed E-state index contributed by atoms with van der Waals surface area (Å²) in [4.78, 5) is 11.6. The van der Waals surface area contributed by atoms with E-state index in [-0.39, 0.29) is 12.5 Å². The Kier molecular flexibility index (Phi) is 20.3. The minimum Gasteiger partial charge on any atom is -0.394 e. The Hall–Kier alpha value is -1.39. The van der Waals surface area contributed by atoms with Crippen molar-refractivity contribution in [1.29, 1.82) is 0 Å².